The molecule has 0 amide bonds. The predicted molar refractivity (Wildman–Crippen MR) is 91.3 cm³/mol. The average molecular weight is 376 g/mol. The van der Waals surface area contributed by atoms with Gasteiger partial charge in [-0.25, -0.2) is 14.4 Å². The number of hydrogen-bond donors (Lipinski definition) is 0. The van der Waals surface area contributed by atoms with Crippen LogP contribution in [-0.2, 0) is 34.9 Å². The van der Waals surface area contributed by atoms with E-state index in [-0.39, 0.29) is 49.6 Å². The van der Waals surface area contributed by atoms with Crippen molar-refractivity contribution in [3.05, 3.63) is 47.5 Å². The third-order valence-electron chi connectivity index (χ3n) is 3.96. The Kier molecular flexibility index (Phi) is 6.20. The summed E-state index contributed by atoms with van der Waals surface area (Å²) in [4.78, 5) is 36.2. The molecule has 2 fully saturated rings. The topological polar surface area (TPSA) is 104 Å². The number of epoxide rings is 2. The minimum absolute atomic E-state index is 0.0330. The number of carbonyl (C=O) groups excluding carboxylic acids is 3. The van der Waals surface area contributed by atoms with Crippen LogP contribution in [0.1, 0.15) is 26.3 Å². The van der Waals surface area contributed by atoms with Crippen molar-refractivity contribution in [1.82, 2.24) is 0 Å². The van der Waals surface area contributed by atoms with E-state index in [0.717, 1.165) is 6.08 Å². The van der Waals surface area contributed by atoms with Crippen molar-refractivity contribution < 1.29 is 38.1 Å². The van der Waals surface area contributed by atoms with Crippen LogP contribution in [0.3, 0.4) is 0 Å². The van der Waals surface area contributed by atoms with Gasteiger partial charge in [-0.3, -0.25) is 0 Å². The second kappa shape index (κ2) is 8.79. The molecule has 8 nitrogen and oxygen atoms in total. The van der Waals surface area contributed by atoms with E-state index in [4.69, 9.17) is 23.7 Å². The highest BCUT2D eigenvalue weighted by atomic mass is 16.6. The third kappa shape index (κ3) is 5.63. The van der Waals surface area contributed by atoms with E-state index < -0.39 is 17.9 Å². The first-order valence-electron chi connectivity index (χ1n) is 8.57. The second-order valence-electron chi connectivity index (χ2n) is 6.07. The summed E-state index contributed by atoms with van der Waals surface area (Å²) in [6, 6.07) is 4.81. The fraction of sp³-hybridized carbons (Fsp3) is 0.421. The maximum Gasteiger partial charge on any atom is 0.339 e. The van der Waals surface area contributed by atoms with Gasteiger partial charge >= 0.3 is 17.9 Å². The molecule has 1 aromatic rings. The molecule has 0 bridgehead atoms. The molecule has 0 spiro atoms. The van der Waals surface area contributed by atoms with E-state index in [1.165, 1.54) is 6.07 Å². The Morgan fingerprint density at radius 2 is 1.67 bits per heavy atom. The molecule has 2 heterocycles. The highest BCUT2D eigenvalue weighted by Gasteiger charge is 2.29. The maximum atomic E-state index is 12.6. The molecule has 3 rings (SSSR count). The van der Waals surface area contributed by atoms with Gasteiger partial charge in [-0.15, -0.1) is 0 Å². The monoisotopic (exact) mass is 376 g/mol. The Labute approximate surface area is 156 Å². The standard InChI is InChI=1S/C19H20O8/c1-2-16(20)23-7-6-12-4-3-5-15(18(21)26-10-13-8-24-13)17(12)19(22)27-11-14-9-25-14/h2-5,13-14H,1,6-11H2. The summed E-state index contributed by atoms with van der Waals surface area (Å²) in [7, 11) is 0. The largest absolute Gasteiger partial charge is 0.462 e. The lowest BCUT2D eigenvalue weighted by Crippen LogP contribution is -2.20. The highest BCUT2D eigenvalue weighted by molar-refractivity contribution is 6.04. The van der Waals surface area contributed by atoms with Crippen LogP contribution in [0, 0.1) is 0 Å². The number of hydrogen-bond acceptors (Lipinski definition) is 8. The minimum atomic E-state index is -0.647. The molecule has 2 saturated heterocycles. The summed E-state index contributed by atoms with van der Waals surface area (Å²) in [6.07, 6.45) is 1.10. The zero-order valence-electron chi connectivity index (χ0n) is 14.7. The van der Waals surface area contributed by atoms with E-state index in [1.54, 1.807) is 12.1 Å². The Morgan fingerprint density at radius 1 is 1.04 bits per heavy atom. The first-order valence-corrected chi connectivity index (χ1v) is 8.57. The molecular formula is C19H20O8. The Balaban J connectivity index is 1.75. The predicted octanol–water partition coefficient (Wildman–Crippen LogP) is 1.07. The van der Waals surface area contributed by atoms with Gasteiger partial charge in [0.15, 0.2) is 0 Å². The molecule has 8 heteroatoms. The second-order valence-corrected chi connectivity index (χ2v) is 6.07. The van der Waals surface area contributed by atoms with Crippen molar-refractivity contribution in [3.63, 3.8) is 0 Å². The number of ether oxygens (including phenoxy) is 5. The van der Waals surface area contributed by atoms with Crippen molar-refractivity contribution in [3.8, 4) is 0 Å². The molecule has 0 aromatic heterocycles. The van der Waals surface area contributed by atoms with Gasteiger partial charge in [0, 0.05) is 12.5 Å². The van der Waals surface area contributed by atoms with Crippen molar-refractivity contribution >= 4 is 17.9 Å². The SMILES string of the molecule is C=CC(=O)OCCc1cccc(C(=O)OCC2CO2)c1C(=O)OCC1CO1. The quantitative estimate of drug-likeness (QED) is 0.258. The van der Waals surface area contributed by atoms with Gasteiger partial charge in [0.2, 0.25) is 0 Å². The van der Waals surface area contributed by atoms with Crippen LogP contribution < -0.4 is 0 Å². The lowest BCUT2D eigenvalue weighted by molar-refractivity contribution is -0.137. The van der Waals surface area contributed by atoms with Gasteiger partial charge in [0.05, 0.1) is 30.9 Å². The zero-order chi connectivity index (χ0) is 19.2. The molecule has 0 radical (unpaired) electrons. The summed E-state index contributed by atoms with van der Waals surface area (Å²) in [5, 5.41) is 0. The van der Waals surface area contributed by atoms with Gasteiger partial charge in [0.1, 0.15) is 25.4 Å². The van der Waals surface area contributed by atoms with Crippen LogP contribution >= 0.6 is 0 Å². The lowest BCUT2D eigenvalue weighted by Gasteiger charge is -2.13. The molecule has 1 aromatic carbocycles. The van der Waals surface area contributed by atoms with Gasteiger partial charge in [-0.1, -0.05) is 18.7 Å². The summed E-state index contributed by atoms with van der Waals surface area (Å²) in [5.41, 5.74) is 0.727. The third-order valence-corrected chi connectivity index (χ3v) is 3.96. The fourth-order valence-electron chi connectivity index (χ4n) is 2.36. The molecule has 0 saturated carbocycles. The van der Waals surface area contributed by atoms with Crippen LogP contribution in [0.5, 0.6) is 0 Å². The molecular weight excluding hydrogens is 356 g/mol. The zero-order valence-corrected chi connectivity index (χ0v) is 14.7. The van der Waals surface area contributed by atoms with E-state index in [9.17, 15) is 14.4 Å². The van der Waals surface area contributed by atoms with Crippen LogP contribution in [0.2, 0.25) is 0 Å². The van der Waals surface area contributed by atoms with Crippen LogP contribution in [-0.4, -0.2) is 63.2 Å². The van der Waals surface area contributed by atoms with E-state index >= 15 is 0 Å². The Hall–Kier alpha value is -2.71. The average Bonchev–Trinajstić information content (AvgIpc) is 3.58. The summed E-state index contributed by atoms with van der Waals surface area (Å²) in [5.74, 6) is -1.85. The minimum Gasteiger partial charge on any atom is -0.462 e. The molecule has 2 atom stereocenters. The highest BCUT2D eigenvalue weighted by Crippen LogP contribution is 2.21. The van der Waals surface area contributed by atoms with Crippen molar-refractivity contribution in [2.75, 3.05) is 33.0 Å². The number of carbonyl (C=O) groups is 3. The Bertz CT molecular complexity index is 733. The molecule has 144 valence electrons. The molecule has 0 N–H and O–H groups in total. The first kappa shape index (κ1) is 19.1. The number of rotatable bonds is 10. The van der Waals surface area contributed by atoms with Crippen LogP contribution in [0.4, 0.5) is 0 Å². The number of esters is 3. The molecule has 2 unspecified atom stereocenters. The number of benzene rings is 1. The van der Waals surface area contributed by atoms with Gasteiger partial charge in [0.25, 0.3) is 0 Å². The van der Waals surface area contributed by atoms with Crippen LogP contribution in [0.25, 0.3) is 0 Å². The fourth-order valence-corrected chi connectivity index (χ4v) is 2.36. The van der Waals surface area contributed by atoms with Gasteiger partial charge < -0.3 is 23.7 Å². The maximum absolute atomic E-state index is 12.6. The smallest absolute Gasteiger partial charge is 0.339 e. The molecule has 2 aliphatic rings. The van der Waals surface area contributed by atoms with Gasteiger partial charge in [-0.2, -0.15) is 0 Å². The molecule has 2 aliphatic heterocycles. The first-order chi connectivity index (χ1) is 13.1. The summed E-state index contributed by atoms with van der Waals surface area (Å²) in [6.45, 7) is 4.70. The van der Waals surface area contributed by atoms with E-state index in [0.29, 0.717) is 18.8 Å². The summed E-state index contributed by atoms with van der Waals surface area (Å²) < 4.78 is 25.5. The van der Waals surface area contributed by atoms with Crippen LogP contribution in [0.15, 0.2) is 30.9 Å². The lowest BCUT2D eigenvalue weighted by atomic mass is 9.99. The van der Waals surface area contributed by atoms with E-state index in [2.05, 4.69) is 6.58 Å². The Morgan fingerprint density at radius 3 is 2.26 bits per heavy atom. The molecule has 27 heavy (non-hydrogen) atoms. The van der Waals surface area contributed by atoms with Crippen molar-refractivity contribution in [2.24, 2.45) is 0 Å². The van der Waals surface area contributed by atoms with Crippen molar-refractivity contribution in [2.45, 2.75) is 18.6 Å². The molecule has 0 aliphatic carbocycles. The van der Waals surface area contributed by atoms with Crippen molar-refractivity contribution in [1.29, 1.82) is 0 Å². The normalized spacial score (nSPS) is 19.7. The summed E-state index contributed by atoms with van der Waals surface area (Å²) >= 11 is 0. The van der Waals surface area contributed by atoms with Gasteiger partial charge in [-0.05, 0) is 11.6 Å². The van der Waals surface area contributed by atoms with E-state index in [1.807, 2.05) is 0 Å².